The minimum atomic E-state index is -0.349. The van der Waals surface area contributed by atoms with E-state index in [9.17, 15) is 4.39 Å². The largest absolute Gasteiger partial charge is 0.310 e. The smallest absolute Gasteiger partial charge is 0.142 e. The van der Waals surface area contributed by atoms with Crippen molar-refractivity contribution in [2.45, 2.75) is 25.8 Å². The number of nitrogens with one attached hydrogen (secondary N) is 1. The number of benzene rings is 1. The lowest BCUT2D eigenvalue weighted by atomic mass is 10.0. The van der Waals surface area contributed by atoms with Crippen LogP contribution < -0.4 is 5.32 Å². The molecule has 0 spiro atoms. The van der Waals surface area contributed by atoms with E-state index in [4.69, 9.17) is 11.6 Å². The first-order chi connectivity index (χ1) is 9.22. The van der Waals surface area contributed by atoms with Crippen LogP contribution in [0, 0.1) is 5.82 Å². The number of rotatable bonds is 6. The predicted octanol–water partition coefficient (Wildman–Crippen LogP) is 4.82. The molecule has 2 aromatic rings. The van der Waals surface area contributed by atoms with Crippen molar-refractivity contribution in [3.63, 3.8) is 0 Å². The Morgan fingerprint density at radius 2 is 2.16 bits per heavy atom. The highest BCUT2D eigenvalue weighted by molar-refractivity contribution is 7.09. The van der Waals surface area contributed by atoms with Crippen molar-refractivity contribution < 1.29 is 4.39 Å². The van der Waals surface area contributed by atoms with Gasteiger partial charge in [-0.15, -0.1) is 11.3 Å². The highest BCUT2D eigenvalue weighted by Gasteiger charge is 2.16. The van der Waals surface area contributed by atoms with E-state index in [1.54, 1.807) is 17.4 Å². The molecule has 0 fully saturated rings. The summed E-state index contributed by atoms with van der Waals surface area (Å²) in [5, 5.41) is 5.69. The Labute approximate surface area is 122 Å². The predicted molar refractivity (Wildman–Crippen MR) is 80.5 cm³/mol. The van der Waals surface area contributed by atoms with Crippen molar-refractivity contribution >= 4 is 22.9 Å². The second kappa shape index (κ2) is 7.04. The van der Waals surface area contributed by atoms with E-state index in [2.05, 4.69) is 22.8 Å². The average Bonchev–Trinajstić information content (AvgIpc) is 2.91. The van der Waals surface area contributed by atoms with Gasteiger partial charge < -0.3 is 5.32 Å². The van der Waals surface area contributed by atoms with Crippen LogP contribution in [0.3, 0.4) is 0 Å². The van der Waals surface area contributed by atoms with Gasteiger partial charge in [-0.1, -0.05) is 36.7 Å². The van der Waals surface area contributed by atoms with E-state index in [1.807, 2.05) is 13.0 Å². The maximum Gasteiger partial charge on any atom is 0.142 e. The summed E-state index contributed by atoms with van der Waals surface area (Å²) in [5.74, 6) is -0.349. The Bertz CT molecular complexity index is 513. The van der Waals surface area contributed by atoms with Crippen molar-refractivity contribution in [2.24, 2.45) is 0 Å². The third-order valence-corrected chi connectivity index (χ3v) is 4.40. The van der Waals surface area contributed by atoms with Crippen LogP contribution in [-0.2, 0) is 6.42 Å². The molecule has 0 aliphatic carbocycles. The summed E-state index contributed by atoms with van der Waals surface area (Å²) in [6.45, 7) is 2.88. The average molecular weight is 298 g/mol. The normalized spacial score (nSPS) is 12.6. The molecule has 102 valence electrons. The van der Waals surface area contributed by atoms with Crippen LogP contribution in [0.5, 0.6) is 0 Å². The first-order valence-electron chi connectivity index (χ1n) is 6.42. The summed E-state index contributed by atoms with van der Waals surface area (Å²) in [7, 11) is 0. The van der Waals surface area contributed by atoms with E-state index in [-0.39, 0.29) is 16.9 Å². The summed E-state index contributed by atoms with van der Waals surface area (Å²) in [6.07, 6.45) is 1.89. The van der Waals surface area contributed by atoms with Crippen molar-refractivity contribution in [3.8, 4) is 0 Å². The molecule has 2 rings (SSSR count). The minimum absolute atomic E-state index is 0.0929. The zero-order chi connectivity index (χ0) is 13.7. The number of thiophene rings is 1. The summed E-state index contributed by atoms with van der Waals surface area (Å²) >= 11 is 7.82. The van der Waals surface area contributed by atoms with Crippen molar-refractivity contribution in [3.05, 3.63) is 57.0 Å². The SMILES string of the molecule is CCNC(CCc1cccs1)c1cccc(F)c1Cl. The first-order valence-corrected chi connectivity index (χ1v) is 7.67. The number of hydrogen-bond acceptors (Lipinski definition) is 2. The van der Waals surface area contributed by atoms with Gasteiger partial charge in [-0.2, -0.15) is 0 Å². The van der Waals surface area contributed by atoms with Gasteiger partial charge in [0.25, 0.3) is 0 Å². The fraction of sp³-hybridized carbons (Fsp3) is 0.333. The molecule has 0 saturated carbocycles. The van der Waals surface area contributed by atoms with E-state index in [0.29, 0.717) is 0 Å². The fourth-order valence-corrected chi connectivity index (χ4v) is 3.13. The quantitative estimate of drug-likeness (QED) is 0.806. The van der Waals surface area contributed by atoms with Gasteiger partial charge in [0, 0.05) is 10.9 Å². The Hall–Kier alpha value is -0.900. The van der Waals surface area contributed by atoms with Gasteiger partial charge >= 0.3 is 0 Å². The van der Waals surface area contributed by atoms with E-state index >= 15 is 0 Å². The zero-order valence-corrected chi connectivity index (χ0v) is 12.4. The summed E-state index contributed by atoms with van der Waals surface area (Å²) < 4.78 is 13.5. The van der Waals surface area contributed by atoms with Gasteiger partial charge in [0.05, 0.1) is 5.02 Å². The molecule has 0 amide bonds. The van der Waals surface area contributed by atoms with Crippen LogP contribution in [0.25, 0.3) is 0 Å². The van der Waals surface area contributed by atoms with Gasteiger partial charge in [0.1, 0.15) is 5.82 Å². The third kappa shape index (κ3) is 3.78. The molecule has 19 heavy (non-hydrogen) atoms. The molecule has 1 nitrogen and oxygen atoms in total. The van der Waals surface area contributed by atoms with Gasteiger partial charge in [0.2, 0.25) is 0 Å². The van der Waals surface area contributed by atoms with Crippen LogP contribution in [0.15, 0.2) is 35.7 Å². The summed E-state index contributed by atoms with van der Waals surface area (Å²) in [4.78, 5) is 1.34. The molecule has 1 unspecified atom stereocenters. The number of halogens is 2. The van der Waals surface area contributed by atoms with Crippen LogP contribution in [0.1, 0.15) is 29.8 Å². The maximum absolute atomic E-state index is 13.5. The van der Waals surface area contributed by atoms with Crippen molar-refractivity contribution in [2.75, 3.05) is 6.54 Å². The molecular formula is C15H17ClFNS. The van der Waals surface area contributed by atoms with E-state index in [1.165, 1.54) is 10.9 Å². The second-order valence-electron chi connectivity index (χ2n) is 4.37. The summed E-state index contributed by atoms with van der Waals surface area (Å²) in [6, 6.07) is 9.28. The number of aryl methyl sites for hydroxylation is 1. The standard InChI is InChI=1S/C15H17ClFNS/c1-2-18-14(9-8-11-5-4-10-19-11)12-6-3-7-13(17)15(12)16/h3-7,10,14,18H,2,8-9H2,1H3. The van der Waals surface area contributed by atoms with Gasteiger partial charge in [0.15, 0.2) is 0 Å². The van der Waals surface area contributed by atoms with Crippen molar-refractivity contribution in [1.29, 1.82) is 0 Å². The van der Waals surface area contributed by atoms with Crippen LogP contribution in [-0.4, -0.2) is 6.54 Å². The molecule has 1 N–H and O–H groups in total. The van der Waals surface area contributed by atoms with Crippen LogP contribution in [0.2, 0.25) is 5.02 Å². The Kier molecular flexibility index (Phi) is 5.37. The lowest BCUT2D eigenvalue weighted by Crippen LogP contribution is -2.22. The topological polar surface area (TPSA) is 12.0 Å². The Morgan fingerprint density at radius 3 is 2.84 bits per heavy atom. The van der Waals surface area contributed by atoms with E-state index < -0.39 is 0 Å². The molecule has 1 atom stereocenters. The van der Waals surface area contributed by atoms with Crippen LogP contribution >= 0.6 is 22.9 Å². The highest BCUT2D eigenvalue weighted by Crippen LogP contribution is 2.29. The molecule has 0 radical (unpaired) electrons. The first kappa shape index (κ1) is 14.5. The molecule has 0 aliphatic heterocycles. The molecule has 0 saturated heterocycles. The van der Waals surface area contributed by atoms with Crippen LogP contribution in [0.4, 0.5) is 4.39 Å². The third-order valence-electron chi connectivity index (χ3n) is 3.07. The van der Waals surface area contributed by atoms with Gasteiger partial charge in [-0.05, 0) is 42.5 Å². The Balaban J connectivity index is 2.12. The Morgan fingerprint density at radius 1 is 1.32 bits per heavy atom. The molecule has 1 aromatic heterocycles. The molecule has 1 aromatic carbocycles. The molecule has 0 aliphatic rings. The zero-order valence-electron chi connectivity index (χ0n) is 10.8. The lowest BCUT2D eigenvalue weighted by molar-refractivity contribution is 0.512. The highest BCUT2D eigenvalue weighted by atomic mass is 35.5. The molecular weight excluding hydrogens is 281 g/mol. The van der Waals surface area contributed by atoms with Gasteiger partial charge in [-0.25, -0.2) is 4.39 Å². The summed E-state index contributed by atoms with van der Waals surface area (Å²) in [5.41, 5.74) is 0.847. The second-order valence-corrected chi connectivity index (χ2v) is 5.78. The molecule has 4 heteroatoms. The molecule has 1 heterocycles. The number of hydrogen-bond donors (Lipinski definition) is 1. The fourth-order valence-electron chi connectivity index (χ4n) is 2.14. The van der Waals surface area contributed by atoms with Gasteiger partial charge in [-0.3, -0.25) is 0 Å². The minimum Gasteiger partial charge on any atom is -0.310 e. The van der Waals surface area contributed by atoms with E-state index in [0.717, 1.165) is 24.9 Å². The molecule has 0 bridgehead atoms. The lowest BCUT2D eigenvalue weighted by Gasteiger charge is -2.19. The monoisotopic (exact) mass is 297 g/mol. The maximum atomic E-state index is 13.5. The van der Waals surface area contributed by atoms with Crippen molar-refractivity contribution in [1.82, 2.24) is 5.32 Å².